The minimum absolute atomic E-state index is 0.0790. The van der Waals surface area contributed by atoms with Crippen molar-refractivity contribution in [3.8, 4) is 0 Å². The van der Waals surface area contributed by atoms with Crippen LogP contribution in [0.4, 0.5) is 10.1 Å². The summed E-state index contributed by atoms with van der Waals surface area (Å²) in [5, 5.41) is 0. The zero-order valence-corrected chi connectivity index (χ0v) is 12.9. The van der Waals surface area contributed by atoms with Gasteiger partial charge in [-0.3, -0.25) is 9.59 Å². The van der Waals surface area contributed by atoms with E-state index in [0.717, 1.165) is 0 Å². The summed E-state index contributed by atoms with van der Waals surface area (Å²) in [6.45, 7) is 3.65. The van der Waals surface area contributed by atoms with Crippen LogP contribution in [0.1, 0.15) is 27.8 Å². The average Bonchev–Trinajstić information content (AvgIpc) is 3.05. The molecule has 1 saturated heterocycles. The predicted octanol–water partition coefficient (Wildman–Crippen LogP) is 2.32. The number of amides is 1. The van der Waals surface area contributed by atoms with Gasteiger partial charge in [0, 0.05) is 37.9 Å². The highest BCUT2D eigenvalue weighted by Gasteiger charge is 2.24. The fraction of sp³-hybridized carbons (Fsp3) is 0.294. The number of hydrogen-bond acceptors (Lipinski definition) is 3. The number of carbonyl (C=O) groups excluding carboxylic acids is 2. The summed E-state index contributed by atoms with van der Waals surface area (Å²) in [4.78, 5) is 30.2. The first-order valence-electron chi connectivity index (χ1n) is 7.54. The quantitative estimate of drug-likeness (QED) is 0.884. The summed E-state index contributed by atoms with van der Waals surface area (Å²) in [5.41, 5.74) is 1.48. The van der Waals surface area contributed by atoms with Crippen LogP contribution in [0.25, 0.3) is 0 Å². The Morgan fingerprint density at radius 1 is 1.13 bits per heavy atom. The van der Waals surface area contributed by atoms with Gasteiger partial charge in [-0.2, -0.15) is 0 Å². The first-order chi connectivity index (χ1) is 11.1. The van der Waals surface area contributed by atoms with Crippen LogP contribution in [0.5, 0.6) is 0 Å². The third kappa shape index (κ3) is 3.11. The number of Topliss-reactive ketones (excluding diaryl/α,β-unsaturated/α-hetero) is 1. The van der Waals surface area contributed by atoms with Crippen LogP contribution in [0.2, 0.25) is 0 Å². The van der Waals surface area contributed by atoms with Crippen LogP contribution in [0.15, 0.2) is 36.5 Å². The smallest absolute Gasteiger partial charge is 0.270 e. The van der Waals surface area contributed by atoms with E-state index in [-0.39, 0.29) is 17.5 Å². The minimum atomic E-state index is -0.247. The molecular weight excluding hydrogens is 297 g/mol. The number of halogens is 1. The molecule has 120 valence electrons. The van der Waals surface area contributed by atoms with Crippen molar-refractivity contribution in [2.45, 2.75) is 6.92 Å². The number of H-pyrrole nitrogens is 1. The van der Waals surface area contributed by atoms with Gasteiger partial charge in [0.1, 0.15) is 11.5 Å². The Balaban J connectivity index is 1.65. The fourth-order valence-corrected chi connectivity index (χ4v) is 2.75. The van der Waals surface area contributed by atoms with Crippen molar-refractivity contribution in [3.63, 3.8) is 0 Å². The van der Waals surface area contributed by atoms with Crippen LogP contribution < -0.4 is 4.90 Å². The topological polar surface area (TPSA) is 56.4 Å². The number of aromatic nitrogens is 1. The third-order valence-electron chi connectivity index (χ3n) is 4.08. The summed E-state index contributed by atoms with van der Waals surface area (Å²) < 4.78 is 13.8. The number of anilines is 1. The van der Waals surface area contributed by atoms with Crippen molar-refractivity contribution >= 4 is 17.4 Å². The molecule has 2 heterocycles. The molecule has 0 spiro atoms. The van der Waals surface area contributed by atoms with Gasteiger partial charge in [-0.05, 0) is 25.1 Å². The molecule has 1 aromatic carbocycles. The number of nitrogens with zero attached hydrogens (tertiary/aromatic N) is 2. The standard InChI is InChI=1S/C17H18FN3O2/c1-12(22)13-10-15(19-11-13)17(23)21-8-6-20(7-9-21)16-5-3-2-4-14(16)18/h2-5,10-11,19H,6-9H2,1H3. The molecule has 3 rings (SSSR count). The maximum Gasteiger partial charge on any atom is 0.270 e. The molecule has 0 radical (unpaired) electrons. The largest absolute Gasteiger partial charge is 0.366 e. The first-order valence-corrected chi connectivity index (χ1v) is 7.54. The molecule has 0 atom stereocenters. The fourth-order valence-electron chi connectivity index (χ4n) is 2.75. The molecule has 1 aromatic heterocycles. The Labute approximate surface area is 133 Å². The molecule has 1 amide bonds. The number of carbonyl (C=O) groups is 2. The van der Waals surface area contributed by atoms with E-state index in [4.69, 9.17) is 0 Å². The van der Waals surface area contributed by atoms with Crippen molar-refractivity contribution in [1.29, 1.82) is 0 Å². The van der Waals surface area contributed by atoms with E-state index in [2.05, 4.69) is 4.98 Å². The van der Waals surface area contributed by atoms with Crippen LogP contribution in [0, 0.1) is 5.82 Å². The van der Waals surface area contributed by atoms with E-state index < -0.39 is 0 Å². The third-order valence-corrected chi connectivity index (χ3v) is 4.08. The van der Waals surface area contributed by atoms with Crippen molar-refractivity contribution in [3.05, 3.63) is 53.6 Å². The van der Waals surface area contributed by atoms with Gasteiger partial charge in [0.2, 0.25) is 0 Å². The summed E-state index contributed by atoms with van der Waals surface area (Å²) >= 11 is 0. The first kappa shape index (κ1) is 15.3. The number of rotatable bonds is 3. The molecule has 0 unspecified atom stereocenters. The molecular formula is C17H18FN3O2. The minimum Gasteiger partial charge on any atom is -0.366 e. The van der Waals surface area contributed by atoms with E-state index in [1.165, 1.54) is 13.0 Å². The van der Waals surface area contributed by atoms with E-state index in [9.17, 15) is 14.0 Å². The van der Waals surface area contributed by atoms with Gasteiger partial charge >= 0.3 is 0 Å². The lowest BCUT2D eigenvalue weighted by Gasteiger charge is -2.36. The Hall–Kier alpha value is -2.63. The molecule has 1 N–H and O–H groups in total. The van der Waals surface area contributed by atoms with E-state index in [1.807, 2.05) is 4.90 Å². The summed E-state index contributed by atoms with van der Waals surface area (Å²) in [6, 6.07) is 8.23. The molecule has 0 saturated carbocycles. The number of ketones is 1. The zero-order valence-electron chi connectivity index (χ0n) is 12.9. The Bertz CT molecular complexity index is 733. The highest BCUT2D eigenvalue weighted by molar-refractivity contribution is 5.99. The summed E-state index contributed by atoms with van der Waals surface area (Å²) in [7, 11) is 0. The lowest BCUT2D eigenvalue weighted by molar-refractivity contribution is 0.0741. The maximum atomic E-state index is 13.8. The van der Waals surface area contributed by atoms with Crippen molar-refractivity contribution in [2.75, 3.05) is 31.1 Å². The van der Waals surface area contributed by atoms with Crippen LogP contribution in [-0.4, -0.2) is 47.8 Å². The molecule has 0 aliphatic carbocycles. The van der Waals surface area contributed by atoms with Crippen molar-refractivity contribution in [1.82, 2.24) is 9.88 Å². The number of aromatic amines is 1. The van der Waals surface area contributed by atoms with Gasteiger partial charge in [-0.15, -0.1) is 0 Å². The molecule has 23 heavy (non-hydrogen) atoms. The van der Waals surface area contributed by atoms with Gasteiger partial charge in [0.15, 0.2) is 5.78 Å². The zero-order chi connectivity index (χ0) is 16.4. The van der Waals surface area contributed by atoms with Crippen LogP contribution >= 0.6 is 0 Å². The monoisotopic (exact) mass is 315 g/mol. The average molecular weight is 315 g/mol. The number of hydrogen-bond donors (Lipinski definition) is 1. The normalized spacial score (nSPS) is 14.9. The number of para-hydroxylation sites is 1. The number of nitrogens with one attached hydrogen (secondary N) is 1. The van der Waals surface area contributed by atoms with Gasteiger partial charge < -0.3 is 14.8 Å². The van der Waals surface area contributed by atoms with Crippen LogP contribution in [0.3, 0.4) is 0 Å². The van der Waals surface area contributed by atoms with E-state index >= 15 is 0 Å². The highest BCUT2D eigenvalue weighted by atomic mass is 19.1. The highest BCUT2D eigenvalue weighted by Crippen LogP contribution is 2.20. The molecule has 6 heteroatoms. The second-order valence-corrected chi connectivity index (χ2v) is 5.59. The van der Waals surface area contributed by atoms with Gasteiger partial charge in [0.05, 0.1) is 5.69 Å². The second kappa shape index (κ2) is 6.24. The molecule has 1 aliphatic heterocycles. The molecule has 1 fully saturated rings. The molecule has 5 nitrogen and oxygen atoms in total. The SMILES string of the molecule is CC(=O)c1c[nH]c(C(=O)N2CCN(c3ccccc3F)CC2)c1. The molecule has 1 aliphatic rings. The maximum absolute atomic E-state index is 13.8. The summed E-state index contributed by atoms with van der Waals surface area (Å²) in [5.74, 6) is -0.460. The van der Waals surface area contributed by atoms with Gasteiger partial charge in [0.25, 0.3) is 5.91 Å². The Kier molecular flexibility index (Phi) is 4.14. The van der Waals surface area contributed by atoms with E-state index in [0.29, 0.717) is 43.1 Å². The number of benzene rings is 1. The predicted molar refractivity (Wildman–Crippen MR) is 85.3 cm³/mol. The number of piperazine rings is 1. The molecule has 2 aromatic rings. The lowest BCUT2D eigenvalue weighted by atomic mass is 10.2. The molecule has 0 bridgehead atoms. The van der Waals surface area contributed by atoms with Crippen LogP contribution in [-0.2, 0) is 0 Å². The Morgan fingerprint density at radius 2 is 1.83 bits per heavy atom. The second-order valence-electron chi connectivity index (χ2n) is 5.59. The van der Waals surface area contributed by atoms with Crippen molar-refractivity contribution < 1.29 is 14.0 Å². The lowest BCUT2D eigenvalue weighted by Crippen LogP contribution is -2.49. The Morgan fingerprint density at radius 3 is 2.43 bits per heavy atom. The van der Waals surface area contributed by atoms with Gasteiger partial charge in [-0.1, -0.05) is 12.1 Å². The van der Waals surface area contributed by atoms with E-state index in [1.54, 1.807) is 35.4 Å². The van der Waals surface area contributed by atoms with Crippen molar-refractivity contribution in [2.24, 2.45) is 0 Å². The summed E-state index contributed by atoms with van der Waals surface area (Å²) in [6.07, 6.45) is 1.55. The van der Waals surface area contributed by atoms with Gasteiger partial charge in [-0.25, -0.2) is 4.39 Å².